The molecular weight excluding hydrogens is 434 g/mol. The summed E-state index contributed by atoms with van der Waals surface area (Å²) in [5.74, 6) is 0.741. The molecule has 0 aromatic heterocycles. The SMILES string of the molecule is COc1ccc(CN2CCN(C/C=C/c3ccc(F)cc3)CC2)c2ccccc12.Cl.Cl. The van der Waals surface area contributed by atoms with E-state index in [1.54, 1.807) is 7.11 Å². The van der Waals surface area contributed by atoms with Crippen LogP contribution in [-0.4, -0.2) is 49.6 Å². The summed E-state index contributed by atoms with van der Waals surface area (Å²) >= 11 is 0. The maximum atomic E-state index is 13.0. The summed E-state index contributed by atoms with van der Waals surface area (Å²) in [5.41, 5.74) is 2.39. The van der Waals surface area contributed by atoms with Gasteiger partial charge in [-0.15, -0.1) is 24.8 Å². The van der Waals surface area contributed by atoms with E-state index in [1.165, 1.54) is 28.5 Å². The Morgan fingerprint density at radius 2 is 1.48 bits per heavy atom. The van der Waals surface area contributed by atoms with E-state index < -0.39 is 0 Å². The molecule has 3 aromatic rings. The highest BCUT2D eigenvalue weighted by atomic mass is 35.5. The number of benzene rings is 3. The molecule has 0 atom stereocenters. The first kappa shape index (κ1) is 25.2. The molecule has 0 spiro atoms. The number of piperazine rings is 1. The zero-order valence-electron chi connectivity index (χ0n) is 17.7. The average molecular weight is 463 g/mol. The molecule has 0 amide bonds. The molecule has 6 heteroatoms. The second-order valence-electron chi connectivity index (χ2n) is 7.50. The van der Waals surface area contributed by atoms with Gasteiger partial charge in [0, 0.05) is 44.7 Å². The van der Waals surface area contributed by atoms with E-state index in [0.717, 1.165) is 50.6 Å². The van der Waals surface area contributed by atoms with Crippen LogP contribution in [0.25, 0.3) is 16.8 Å². The summed E-state index contributed by atoms with van der Waals surface area (Å²) in [6.07, 6.45) is 4.23. The molecule has 0 radical (unpaired) electrons. The van der Waals surface area contributed by atoms with E-state index >= 15 is 0 Å². The fourth-order valence-electron chi connectivity index (χ4n) is 3.93. The van der Waals surface area contributed by atoms with Crippen LogP contribution in [0, 0.1) is 5.82 Å². The average Bonchev–Trinajstić information content (AvgIpc) is 2.76. The molecule has 166 valence electrons. The van der Waals surface area contributed by atoms with Gasteiger partial charge >= 0.3 is 0 Å². The number of nitrogens with zero attached hydrogens (tertiary/aromatic N) is 2. The second kappa shape index (κ2) is 12.1. The van der Waals surface area contributed by atoms with Gasteiger partial charge in [-0.25, -0.2) is 4.39 Å². The third kappa shape index (κ3) is 6.44. The highest BCUT2D eigenvalue weighted by molar-refractivity contribution is 5.91. The van der Waals surface area contributed by atoms with E-state index in [0.29, 0.717) is 0 Å². The molecule has 1 heterocycles. The summed E-state index contributed by atoms with van der Waals surface area (Å²) in [4.78, 5) is 4.98. The van der Waals surface area contributed by atoms with E-state index in [2.05, 4.69) is 58.4 Å². The summed E-state index contributed by atoms with van der Waals surface area (Å²) in [6.45, 7) is 6.12. The molecule has 0 aliphatic carbocycles. The molecule has 4 rings (SSSR count). The van der Waals surface area contributed by atoms with E-state index in [4.69, 9.17) is 4.74 Å². The van der Waals surface area contributed by atoms with Gasteiger partial charge < -0.3 is 4.74 Å². The van der Waals surface area contributed by atoms with Crippen molar-refractivity contribution >= 4 is 41.7 Å². The Labute approximate surface area is 196 Å². The van der Waals surface area contributed by atoms with Crippen molar-refractivity contribution in [3.05, 3.63) is 83.7 Å². The molecule has 1 saturated heterocycles. The van der Waals surface area contributed by atoms with Crippen molar-refractivity contribution in [3.8, 4) is 5.75 Å². The summed E-state index contributed by atoms with van der Waals surface area (Å²) in [7, 11) is 1.73. The Hall–Kier alpha value is -2.11. The predicted molar refractivity (Wildman–Crippen MR) is 132 cm³/mol. The van der Waals surface area contributed by atoms with E-state index in [-0.39, 0.29) is 30.6 Å². The Bertz CT molecular complexity index is 986. The van der Waals surface area contributed by atoms with Gasteiger partial charge in [0.1, 0.15) is 11.6 Å². The first-order valence-electron chi connectivity index (χ1n) is 10.1. The minimum atomic E-state index is -0.192. The van der Waals surface area contributed by atoms with Gasteiger partial charge in [0.05, 0.1) is 7.11 Å². The van der Waals surface area contributed by atoms with Gasteiger partial charge in [0.25, 0.3) is 0 Å². The summed E-state index contributed by atoms with van der Waals surface area (Å²) < 4.78 is 18.5. The third-order valence-electron chi connectivity index (χ3n) is 5.60. The van der Waals surface area contributed by atoms with Crippen LogP contribution in [0.15, 0.2) is 66.7 Å². The highest BCUT2D eigenvalue weighted by Gasteiger charge is 2.17. The first-order valence-corrected chi connectivity index (χ1v) is 10.1. The van der Waals surface area contributed by atoms with Crippen molar-refractivity contribution in [3.63, 3.8) is 0 Å². The number of hydrogen-bond donors (Lipinski definition) is 0. The number of ether oxygens (including phenoxy) is 1. The van der Waals surface area contributed by atoms with E-state index in [9.17, 15) is 4.39 Å². The van der Waals surface area contributed by atoms with Gasteiger partial charge in [0.15, 0.2) is 0 Å². The second-order valence-corrected chi connectivity index (χ2v) is 7.50. The van der Waals surface area contributed by atoms with Crippen molar-refractivity contribution in [1.82, 2.24) is 9.80 Å². The highest BCUT2D eigenvalue weighted by Crippen LogP contribution is 2.29. The lowest BCUT2D eigenvalue weighted by atomic mass is 10.0. The number of hydrogen-bond acceptors (Lipinski definition) is 3. The van der Waals surface area contributed by atoms with Crippen molar-refractivity contribution in [2.24, 2.45) is 0 Å². The quantitative estimate of drug-likeness (QED) is 0.469. The van der Waals surface area contributed by atoms with Gasteiger partial charge in [-0.05, 0) is 34.7 Å². The third-order valence-corrected chi connectivity index (χ3v) is 5.60. The zero-order chi connectivity index (χ0) is 20.1. The molecule has 0 N–H and O–H groups in total. The fraction of sp³-hybridized carbons (Fsp3) is 0.280. The molecule has 31 heavy (non-hydrogen) atoms. The topological polar surface area (TPSA) is 15.7 Å². The number of methoxy groups -OCH3 is 1. The standard InChI is InChI=1S/C25H27FN2O.2ClH/c1-29-25-13-10-21(23-6-2-3-7-24(23)25)19-28-17-15-27(16-18-28)14-4-5-20-8-11-22(26)12-9-20;;/h2-13H,14-19H2,1H3;2*1H/b5-4+;;. The molecule has 1 fully saturated rings. The summed E-state index contributed by atoms with van der Waals surface area (Å²) in [5, 5.41) is 2.45. The molecular formula is C25H29Cl2FN2O. The molecule has 0 saturated carbocycles. The van der Waals surface area contributed by atoms with Crippen LogP contribution in [0.4, 0.5) is 4.39 Å². The molecule has 3 aromatic carbocycles. The van der Waals surface area contributed by atoms with Crippen LogP contribution >= 0.6 is 24.8 Å². The molecule has 1 aliphatic rings. The number of rotatable bonds is 6. The van der Waals surface area contributed by atoms with Crippen LogP contribution < -0.4 is 4.74 Å². The number of halogens is 3. The predicted octanol–water partition coefficient (Wildman–Crippen LogP) is 5.66. The minimum absolute atomic E-state index is 0. The zero-order valence-corrected chi connectivity index (χ0v) is 19.3. The number of fused-ring (bicyclic) bond motifs is 1. The van der Waals surface area contributed by atoms with Crippen molar-refractivity contribution in [2.75, 3.05) is 39.8 Å². The van der Waals surface area contributed by atoms with E-state index in [1.807, 2.05) is 12.1 Å². The minimum Gasteiger partial charge on any atom is -0.496 e. The largest absolute Gasteiger partial charge is 0.496 e. The molecule has 0 bridgehead atoms. The van der Waals surface area contributed by atoms with Gasteiger partial charge in [-0.2, -0.15) is 0 Å². The Balaban J connectivity index is 0.00000171. The first-order chi connectivity index (χ1) is 14.2. The van der Waals surface area contributed by atoms with Crippen molar-refractivity contribution in [1.29, 1.82) is 0 Å². The van der Waals surface area contributed by atoms with Crippen LogP contribution in [0.3, 0.4) is 0 Å². The lowest BCUT2D eigenvalue weighted by molar-refractivity contribution is 0.137. The Morgan fingerprint density at radius 1 is 0.839 bits per heavy atom. The van der Waals surface area contributed by atoms with Crippen LogP contribution in [0.5, 0.6) is 5.75 Å². The fourth-order valence-corrected chi connectivity index (χ4v) is 3.93. The van der Waals surface area contributed by atoms with Crippen molar-refractivity contribution in [2.45, 2.75) is 6.54 Å². The molecule has 0 unspecified atom stereocenters. The van der Waals surface area contributed by atoms with Gasteiger partial charge in [-0.3, -0.25) is 9.80 Å². The van der Waals surface area contributed by atoms with Gasteiger partial charge in [-0.1, -0.05) is 54.6 Å². The Kier molecular flexibility index (Phi) is 9.79. The monoisotopic (exact) mass is 462 g/mol. The van der Waals surface area contributed by atoms with Crippen LogP contribution in [-0.2, 0) is 6.54 Å². The lowest BCUT2D eigenvalue weighted by Gasteiger charge is -2.34. The Morgan fingerprint density at radius 3 is 2.16 bits per heavy atom. The molecule has 3 nitrogen and oxygen atoms in total. The maximum absolute atomic E-state index is 13.0. The smallest absolute Gasteiger partial charge is 0.126 e. The van der Waals surface area contributed by atoms with Gasteiger partial charge in [0.2, 0.25) is 0 Å². The lowest BCUT2D eigenvalue weighted by Crippen LogP contribution is -2.45. The summed E-state index contributed by atoms with van der Waals surface area (Å²) in [6, 6.07) is 19.4. The van der Waals surface area contributed by atoms with Crippen molar-refractivity contribution < 1.29 is 9.13 Å². The molecule has 1 aliphatic heterocycles. The van der Waals surface area contributed by atoms with Crippen LogP contribution in [0.2, 0.25) is 0 Å². The maximum Gasteiger partial charge on any atom is 0.126 e. The van der Waals surface area contributed by atoms with Crippen LogP contribution in [0.1, 0.15) is 11.1 Å². The normalized spacial score (nSPS) is 14.9.